The summed E-state index contributed by atoms with van der Waals surface area (Å²) in [5.41, 5.74) is 2.55. The number of rotatable bonds is 7. The van der Waals surface area contributed by atoms with Crippen LogP contribution in [-0.2, 0) is 25.5 Å². The number of carbonyl (C=O) groups is 3. The number of hydrogen-bond donors (Lipinski definition) is 2. The van der Waals surface area contributed by atoms with Gasteiger partial charge in [0.25, 0.3) is 5.91 Å². The number of thiazole rings is 1. The van der Waals surface area contributed by atoms with E-state index in [2.05, 4.69) is 25.5 Å². The topological polar surface area (TPSA) is 113 Å². The molecule has 1 unspecified atom stereocenters. The first-order chi connectivity index (χ1) is 15.6. The van der Waals surface area contributed by atoms with Crippen LogP contribution in [0.2, 0.25) is 0 Å². The number of nitrogens with zero attached hydrogens (tertiary/aromatic N) is 3. The van der Waals surface area contributed by atoms with Crippen molar-refractivity contribution in [1.29, 1.82) is 0 Å². The minimum Gasteiger partial charge on any atom is -0.378 e. The average Bonchev–Trinajstić information content (AvgIpc) is 3.26. The minimum atomic E-state index is -0.937. The van der Waals surface area contributed by atoms with Gasteiger partial charge >= 0.3 is 0 Å². The van der Waals surface area contributed by atoms with Crippen molar-refractivity contribution >= 4 is 51.8 Å². The number of aliphatic imine (C=N–C) groups is 1. The summed E-state index contributed by atoms with van der Waals surface area (Å²) in [4.78, 5) is 46.4. The summed E-state index contributed by atoms with van der Waals surface area (Å²) < 4.78 is 5.37. The molecule has 1 saturated heterocycles. The summed E-state index contributed by atoms with van der Waals surface area (Å²) in [6.45, 7) is 3.18. The predicted molar refractivity (Wildman–Crippen MR) is 123 cm³/mol. The summed E-state index contributed by atoms with van der Waals surface area (Å²) in [6, 6.07) is 7.77. The molecule has 0 bridgehead atoms. The highest BCUT2D eigenvalue weighted by molar-refractivity contribution is 7.13. The molecule has 1 atom stereocenters. The first-order valence-corrected chi connectivity index (χ1v) is 11.2. The summed E-state index contributed by atoms with van der Waals surface area (Å²) in [6.07, 6.45) is 5.12. The van der Waals surface area contributed by atoms with Crippen LogP contribution in [0.5, 0.6) is 0 Å². The molecule has 0 aliphatic carbocycles. The van der Waals surface area contributed by atoms with E-state index < -0.39 is 17.7 Å². The number of carbonyl (C=O) groups excluding carboxylic acids is 3. The molecular weight excluding hydrogens is 430 g/mol. The normalized spacial score (nSPS) is 17.9. The minimum absolute atomic E-state index is 0.112. The number of aryl methyl sites for hydroxylation is 1. The van der Waals surface area contributed by atoms with Crippen LogP contribution in [0.15, 0.2) is 46.8 Å². The Hall–Kier alpha value is -3.37. The first kappa shape index (κ1) is 21.8. The number of nitrogens with one attached hydrogen (secondary N) is 2. The molecule has 2 aromatic rings. The lowest BCUT2D eigenvalue weighted by molar-refractivity contribution is -0.128. The van der Waals surface area contributed by atoms with Crippen LogP contribution in [0.4, 0.5) is 16.5 Å². The van der Waals surface area contributed by atoms with E-state index in [1.165, 1.54) is 23.6 Å². The maximum atomic E-state index is 12.3. The Bertz CT molecular complexity index is 1040. The summed E-state index contributed by atoms with van der Waals surface area (Å²) in [5, 5.41) is 7.70. The third-order valence-electron chi connectivity index (χ3n) is 5.06. The van der Waals surface area contributed by atoms with Crippen LogP contribution in [0, 0.1) is 5.92 Å². The number of benzene rings is 1. The molecule has 3 amide bonds. The van der Waals surface area contributed by atoms with E-state index in [1.807, 2.05) is 24.3 Å². The van der Waals surface area contributed by atoms with Gasteiger partial charge < -0.3 is 20.3 Å². The fourth-order valence-corrected chi connectivity index (χ4v) is 4.09. The molecule has 1 aromatic heterocycles. The fraction of sp³-hybridized carbons (Fsp3) is 0.318. The number of dihydropyridines is 1. The molecule has 3 heterocycles. The van der Waals surface area contributed by atoms with Crippen molar-refractivity contribution in [2.45, 2.75) is 12.8 Å². The van der Waals surface area contributed by atoms with Gasteiger partial charge in [0, 0.05) is 42.5 Å². The van der Waals surface area contributed by atoms with Crippen LogP contribution < -0.4 is 15.5 Å². The van der Waals surface area contributed by atoms with E-state index in [-0.39, 0.29) is 12.3 Å². The van der Waals surface area contributed by atoms with Crippen molar-refractivity contribution in [1.82, 2.24) is 4.98 Å². The molecule has 2 aliphatic rings. The Morgan fingerprint density at radius 1 is 1.16 bits per heavy atom. The molecule has 1 aromatic carbocycles. The number of ether oxygens (including phenoxy) is 1. The van der Waals surface area contributed by atoms with E-state index in [0.717, 1.165) is 37.7 Å². The Kier molecular flexibility index (Phi) is 7.03. The van der Waals surface area contributed by atoms with Crippen molar-refractivity contribution in [3.8, 4) is 0 Å². The van der Waals surface area contributed by atoms with E-state index in [9.17, 15) is 14.4 Å². The molecule has 2 aliphatic heterocycles. The molecule has 2 N–H and O–H groups in total. The lowest BCUT2D eigenvalue weighted by atomic mass is 10.1. The largest absolute Gasteiger partial charge is 0.378 e. The standard InChI is InChI=1S/C22H23N5O4S/c28-19(24-15-3-6-17(7-4-15)27-10-12-31-13-11-27)8-5-16-14-32-22(25-16)26-21(30)18-2-1-9-23-20(18)29/h1-4,6-7,9,14,18H,5,8,10-13H2,(H,24,28)(H,25,26,30). The van der Waals surface area contributed by atoms with Crippen LogP contribution in [0.25, 0.3) is 0 Å². The van der Waals surface area contributed by atoms with E-state index in [0.29, 0.717) is 17.2 Å². The molecule has 9 nitrogen and oxygen atoms in total. The quantitative estimate of drug-likeness (QED) is 0.622. The lowest BCUT2D eigenvalue weighted by Crippen LogP contribution is -2.36. The lowest BCUT2D eigenvalue weighted by Gasteiger charge is -2.28. The highest BCUT2D eigenvalue weighted by Crippen LogP contribution is 2.21. The summed E-state index contributed by atoms with van der Waals surface area (Å²) in [7, 11) is 0. The Morgan fingerprint density at radius 3 is 2.69 bits per heavy atom. The molecule has 166 valence electrons. The second-order valence-corrected chi connectivity index (χ2v) is 8.16. The SMILES string of the molecule is O=C(CCc1csc(NC(=O)C2C=CC=NC2=O)n1)Nc1ccc(N2CCOCC2)cc1. The third kappa shape index (κ3) is 5.65. The Balaban J connectivity index is 1.23. The van der Waals surface area contributed by atoms with Crippen molar-refractivity contribution in [2.75, 3.05) is 41.8 Å². The zero-order valence-electron chi connectivity index (χ0n) is 17.3. The van der Waals surface area contributed by atoms with Gasteiger partial charge in [-0.3, -0.25) is 14.4 Å². The van der Waals surface area contributed by atoms with Gasteiger partial charge in [0.2, 0.25) is 11.8 Å². The molecular formula is C22H23N5O4S. The smallest absolute Gasteiger partial charge is 0.262 e. The van der Waals surface area contributed by atoms with Crippen LogP contribution >= 0.6 is 11.3 Å². The molecule has 4 rings (SSSR count). The van der Waals surface area contributed by atoms with Gasteiger partial charge in [-0.1, -0.05) is 6.08 Å². The van der Waals surface area contributed by atoms with Gasteiger partial charge in [0.15, 0.2) is 5.13 Å². The molecule has 32 heavy (non-hydrogen) atoms. The van der Waals surface area contributed by atoms with E-state index in [1.54, 1.807) is 11.5 Å². The number of allylic oxidation sites excluding steroid dienone is 1. The van der Waals surface area contributed by atoms with Gasteiger partial charge in [-0.05, 0) is 36.8 Å². The monoisotopic (exact) mass is 453 g/mol. The van der Waals surface area contributed by atoms with Crippen LogP contribution in [0.1, 0.15) is 12.1 Å². The fourth-order valence-electron chi connectivity index (χ4n) is 3.34. The van der Waals surface area contributed by atoms with Crippen LogP contribution in [-0.4, -0.2) is 55.2 Å². The second kappa shape index (κ2) is 10.3. The maximum absolute atomic E-state index is 12.3. The van der Waals surface area contributed by atoms with Crippen LogP contribution in [0.3, 0.4) is 0 Å². The van der Waals surface area contributed by atoms with Gasteiger partial charge in [-0.15, -0.1) is 11.3 Å². The number of anilines is 3. The Labute approximate surface area is 189 Å². The zero-order valence-corrected chi connectivity index (χ0v) is 18.1. The van der Waals surface area contributed by atoms with E-state index in [4.69, 9.17) is 4.74 Å². The van der Waals surface area contributed by atoms with Crippen molar-refractivity contribution in [2.24, 2.45) is 10.9 Å². The number of morpholine rings is 1. The molecule has 1 fully saturated rings. The zero-order chi connectivity index (χ0) is 22.3. The predicted octanol–water partition coefficient (Wildman–Crippen LogP) is 2.27. The second-order valence-electron chi connectivity index (χ2n) is 7.31. The number of amides is 3. The highest BCUT2D eigenvalue weighted by Gasteiger charge is 2.25. The van der Waals surface area contributed by atoms with Gasteiger partial charge in [-0.25, -0.2) is 9.98 Å². The summed E-state index contributed by atoms with van der Waals surface area (Å²) >= 11 is 1.25. The first-order valence-electron chi connectivity index (χ1n) is 10.3. The van der Waals surface area contributed by atoms with Crippen molar-refractivity contribution in [3.63, 3.8) is 0 Å². The van der Waals surface area contributed by atoms with Crippen molar-refractivity contribution < 1.29 is 19.1 Å². The third-order valence-corrected chi connectivity index (χ3v) is 5.86. The molecule has 10 heteroatoms. The number of aromatic nitrogens is 1. The molecule has 0 radical (unpaired) electrons. The molecule has 0 spiro atoms. The maximum Gasteiger partial charge on any atom is 0.262 e. The Morgan fingerprint density at radius 2 is 1.94 bits per heavy atom. The summed E-state index contributed by atoms with van der Waals surface area (Å²) in [5.74, 6) is -2.02. The highest BCUT2D eigenvalue weighted by atomic mass is 32.1. The van der Waals surface area contributed by atoms with Gasteiger partial charge in [-0.2, -0.15) is 0 Å². The van der Waals surface area contributed by atoms with Gasteiger partial charge in [0.1, 0.15) is 5.92 Å². The van der Waals surface area contributed by atoms with E-state index >= 15 is 0 Å². The van der Waals surface area contributed by atoms with Crippen molar-refractivity contribution in [3.05, 3.63) is 47.5 Å². The number of hydrogen-bond acceptors (Lipinski definition) is 7. The van der Waals surface area contributed by atoms with Gasteiger partial charge in [0.05, 0.1) is 18.9 Å². The molecule has 0 saturated carbocycles. The average molecular weight is 454 g/mol.